The smallest absolute Gasteiger partial charge is 0.0433 e. The Kier molecular flexibility index (Phi) is 19.0. The Balaban J connectivity index is 3.47. The molecule has 0 aromatic rings. The highest BCUT2D eigenvalue weighted by Gasteiger charge is 1.78. The van der Waals surface area contributed by atoms with Crippen LogP contribution in [-0.4, -0.2) is 11.7 Å². The van der Waals surface area contributed by atoms with Crippen molar-refractivity contribution in [3.63, 3.8) is 0 Å². The normalized spacial score (nSPS) is 13.3. The fraction of sp³-hybridized carbons (Fsp3) is 0.455. The van der Waals surface area contributed by atoms with E-state index in [1.807, 2.05) is 0 Å². The average molecular weight is 315 g/mol. The zero-order valence-corrected chi connectivity index (χ0v) is 14.7. The lowest BCUT2D eigenvalue weighted by atomic mass is 10.2. The van der Waals surface area contributed by atoms with E-state index < -0.39 is 0 Å². The second-order valence-corrected chi connectivity index (χ2v) is 5.28. The Morgan fingerprint density at radius 3 is 1.22 bits per heavy atom. The van der Waals surface area contributed by atoms with Gasteiger partial charge in [-0.1, -0.05) is 79.8 Å². The lowest BCUT2D eigenvalue weighted by Gasteiger charge is -1.87. The molecular weight excluding hydrogens is 280 g/mol. The molecule has 0 fully saturated rings. The SMILES string of the molecule is CC/C=C/C/C=C/C/C=C/C/C=C/C/C=C/C/C=C\CCCO. The van der Waals surface area contributed by atoms with Gasteiger partial charge in [0, 0.05) is 6.61 Å². The van der Waals surface area contributed by atoms with Gasteiger partial charge in [0.15, 0.2) is 0 Å². The van der Waals surface area contributed by atoms with Crippen LogP contribution in [0.5, 0.6) is 0 Å². The fourth-order valence-corrected chi connectivity index (χ4v) is 1.85. The van der Waals surface area contributed by atoms with Gasteiger partial charge < -0.3 is 5.11 Å². The molecule has 0 unspecified atom stereocenters. The molecule has 0 saturated heterocycles. The van der Waals surface area contributed by atoms with Gasteiger partial charge in [-0.3, -0.25) is 0 Å². The third-order valence-electron chi connectivity index (χ3n) is 3.13. The number of aliphatic hydroxyl groups is 1. The molecule has 0 spiro atoms. The first-order valence-electron chi connectivity index (χ1n) is 8.92. The Morgan fingerprint density at radius 1 is 0.522 bits per heavy atom. The van der Waals surface area contributed by atoms with E-state index in [2.05, 4.69) is 79.8 Å². The first kappa shape index (κ1) is 21.4. The summed E-state index contributed by atoms with van der Waals surface area (Å²) in [5.74, 6) is 0. The van der Waals surface area contributed by atoms with E-state index in [9.17, 15) is 0 Å². The van der Waals surface area contributed by atoms with Crippen molar-refractivity contribution in [2.24, 2.45) is 0 Å². The summed E-state index contributed by atoms with van der Waals surface area (Å²) < 4.78 is 0. The molecule has 23 heavy (non-hydrogen) atoms. The van der Waals surface area contributed by atoms with Crippen molar-refractivity contribution in [3.8, 4) is 0 Å². The van der Waals surface area contributed by atoms with Gasteiger partial charge in [-0.15, -0.1) is 0 Å². The lowest BCUT2D eigenvalue weighted by molar-refractivity contribution is 0.289. The third-order valence-corrected chi connectivity index (χ3v) is 3.13. The number of aliphatic hydroxyl groups excluding tert-OH is 1. The fourth-order valence-electron chi connectivity index (χ4n) is 1.85. The maximum atomic E-state index is 8.64. The van der Waals surface area contributed by atoms with E-state index in [1.165, 1.54) is 0 Å². The van der Waals surface area contributed by atoms with E-state index in [0.29, 0.717) is 0 Å². The van der Waals surface area contributed by atoms with Gasteiger partial charge in [0.05, 0.1) is 0 Å². The summed E-state index contributed by atoms with van der Waals surface area (Å²) >= 11 is 0. The molecule has 0 amide bonds. The molecule has 1 N–H and O–H groups in total. The molecule has 128 valence electrons. The Morgan fingerprint density at radius 2 is 0.870 bits per heavy atom. The van der Waals surface area contributed by atoms with E-state index in [1.54, 1.807) is 0 Å². The quantitative estimate of drug-likeness (QED) is 0.288. The molecule has 0 aliphatic rings. The zero-order chi connectivity index (χ0) is 16.8. The van der Waals surface area contributed by atoms with Crippen molar-refractivity contribution in [3.05, 3.63) is 72.9 Å². The van der Waals surface area contributed by atoms with Gasteiger partial charge in [-0.05, 0) is 51.4 Å². The number of unbranched alkanes of at least 4 members (excludes halogenated alkanes) is 1. The summed E-state index contributed by atoms with van der Waals surface area (Å²) in [4.78, 5) is 0. The van der Waals surface area contributed by atoms with Crippen LogP contribution in [0.15, 0.2) is 72.9 Å². The summed E-state index contributed by atoms with van der Waals surface area (Å²) in [6, 6.07) is 0. The lowest BCUT2D eigenvalue weighted by Crippen LogP contribution is -1.77. The van der Waals surface area contributed by atoms with Crippen molar-refractivity contribution in [1.29, 1.82) is 0 Å². The van der Waals surface area contributed by atoms with Gasteiger partial charge in [-0.2, -0.15) is 0 Å². The minimum absolute atomic E-state index is 0.284. The van der Waals surface area contributed by atoms with Crippen molar-refractivity contribution in [2.45, 2.75) is 58.3 Å². The average Bonchev–Trinajstić information content (AvgIpc) is 2.57. The highest BCUT2D eigenvalue weighted by Crippen LogP contribution is 1.97. The summed E-state index contributed by atoms with van der Waals surface area (Å²) in [6.45, 7) is 2.44. The molecule has 0 radical (unpaired) electrons. The van der Waals surface area contributed by atoms with Gasteiger partial charge in [0.2, 0.25) is 0 Å². The molecule has 0 aromatic heterocycles. The van der Waals surface area contributed by atoms with Crippen LogP contribution >= 0.6 is 0 Å². The third kappa shape index (κ3) is 20.4. The molecule has 0 aromatic carbocycles. The molecule has 0 aliphatic heterocycles. The van der Waals surface area contributed by atoms with Crippen LogP contribution in [0.1, 0.15) is 58.3 Å². The predicted molar refractivity (Wildman–Crippen MR) is 105 cm³/mol. The van der Waals surface area contributed by atoms with Crippen LogP contribution in [0.2, 0.25) is 0 Å². The van der Waals surface area contributed by atoms with E-state index in [4.69, 9.17) is 5.11 Å². The molecule has 0 aliphatic carbocycles. The standard InChI is InChI=1S/C22H34O/c1-2-3-4-5-6-7-8-9-10-11-12-13-14-15-16-17-18-19-20-21-22-23/h3-4,6-7,9-10,12-13,15-16,18-19,23H,2,5,8,11,14,17,20-22H2,1H3/b4-3+,7-6+,10-9+,13-12+,16-15+,19-18-. The first-order chi connectivity index (χ1) is 11.4. The van der Waals surface area contributed by atoms with Gasteiger partial charge in [0.25, 0.3) is 0 Å². The Hall–Kier alpha value is -1.60. The van der Waals surface area contributed by atoms with Crippen LogP contribution in [0.25, 0.3) is 0 Å². The number of hydrogen-bond acceptors (Lipinski definition) is 1. The molecule has 1 heteroatoms. The number of rotatable bonds is 14. The monoisotopic (exact) mass is 314 g/mol. The molecular formula is C22H34O. The van der Waals surface area contributed by atoms with Crippen molar-refractivity contribution >= 4 is 0 Å². The van der Waals surface area contributed by atoms with Crippen LogP contribution in [0, 0.1) is 0 Å². The zero-order valence-electron chi connectivity index (χ0n) is 14.7. The topological polar surface area (TPSA) is 20.2 Å². The largest absolute Gasteiger partial charge is 0.396 e. The summed E-state index contributed by atoms with van der Waals surface area (Å²) in [7, 11) is 0. The highest BCUT2D eigenvalue weighted by molar-refractivity contribution is 5.01. The van der Waals surface area contributed by atoms with Crippen molar-refractivity contribution in [2.75, 3.05) is 6.61 Å². The maximum Gasteiger partial charge on any atom is 0.0433 e. The van der Waals surface area contributed by atoms with E-state index in [0.717, 1.165) is 51.4 Å². The van der Waals surface area contributed by atoms with Crippen LogP contribution in [0.4, 0.5) is 0 Å². The van der Waals surface area contributed by atoms with Crippen molar-refractivity contribution in [1.82, 2.24) is 0 Å². The predicted octanol–water partition coefficient (Wildman–Crippen LogP) is 6.46. The van der Waals surface area contributed by atoms with Crippen LogP contribution in [0.3, 0.4) is 0 Å². The summed E-state index contributed by atoms with van der Waals surface area (Å²) in [6.07, 6.45) is 34.4. The van der Waals surface area contributed by atoms with Gasteiger partial charge in [0.1, 0.15) is 0 Å². The maximum absolute atomic E-state index is 8.64. The second kappa shape index (κ2) is 20.4. The molecule has 1 nitrogen and oxygen atoms in total. The Labute approximate surface area is 143 Å². The van der Waals surface area contributed by atoms with Crippen LogP contribution < -0.4 is 0 Å². The summed E-state index contributed by atoms with van der Waals surface area (Å²) in [5, 5.41) is 8.64. The van der Waals surface area contributed by atoms with Crippen molar-refractivity contribution < 1.29 is 5.11 Å². The van der Waals surface area contributed by atoms with Gasteiger partial charge >= 0.3 is 0 Å². The molecule has 0 rings (SSSR count). The minimum Gasteiger partial charge on any atom is -0.396 e. The number of hydrogen-bond donors (Lipinski definition) is 1. The van der Waals surface area contributed by atoms with Crippen LogP contribution in [-0.2, 0) is 0 Å². The molecule has 0 bridgehead atoms. The first-order valence-corrected chi connectivity index (χ1v) is 8.92. The second-order valence-electron chi connectivity index (χ2n) is 5.28. The highest BCUT2D eigenvalue weighted by atomic mass is 16.2. The molecule has 0 atom stereocenters. The summed E-state index contributed by atoms with van der Waals surface area (Å²) in [5.41, 5.74) is 0. The number of allylic oxidation sites excluding steroid dienone is 12. The van der Waals surface area contributed by atoms with E-state index in [-0.39, 0.29) is 6.61 Å². The van der Waals surface area contributed by atoms with E-state index >= 15 is 0 Å². The Bertz CT molecular complexity index is 394. The molecule has 0 saturated carbocycles. The van der Waals surface area contributed by atoms with Gasteiger partial charge in [-0.25, -0.2) is 0 Å². The molecule has 0 heterocycles. The minimum atomic E-state index is 0.284.